The normalized spacial score (nSPS) is 10.9. The Morgan fingerprint density at radius 2 is 1.94 bits per heavy atom. The summed E-state index contributed by atoms with van der Waals surface area (Å²) in [5, 5.41) is 10.8. The highest BCUT2D eigenvalue weighted by Gasteiger charge is 2.20. The van der Waals surface area contributed by atoms with E-state index in [1.807, 2.05) is 0 Å². The summed E-state index contributed by atoms with van der Waals surface area (Å²) >= 11 is 5.90. The fraction of sp³-hybridized carbons (Fsp3) is 0.333. The van der Waals surface area contributed by atoms with Crippen LogP contribution in [0.3, 0.4) is 0 Å². The van der Waals surface area contributed by atoms with E-state index in [-0.39, 0.29) is 10.6 Å². The van der Waals surface area contributed by atoms with E-state index in [4.69, 9.17) is 21.4 Å². The second-order valence-corrected chi connectivity index (χ2v) is 5.03. The van der Waals surface area contributed by atoms with E-state index in [1.54, 1.807) is 20.8 Å². The molecule has 0 saturated carbocycles. The van der Waals surface area contributed by atoms with Crippen LogP contribution >= 0.6 is 11.6 Å². The zero-order valence-electron chi connectivity index (χ0n) is 10.3. The van der Waals surface area contributed by atoms with Gasteiger partial charge in [-0.15, -0.1) is 0 Å². The van der Waals surface area contributed by atoms with Crippen molar-refractivity contribution in [2.24, 2.45) is 0 Å². The number of esters is 1. The predicted molar refractivity (Wildman–Crippen MR) is 68.3 cm³/mol. The van der Waals surface area contributed by atoms with E-state index < -0.39 is 17.7 Å². The third-order valence-electron chi connectivity index (χ3n) is 1.84. The molecule has 0 aromatic heterocycles. The van der Waals surface area contributed by atoms with E-state index in [9.17, 15) is 9.59 Å². The number of ether oxygens (including phenoxy) is 1. The first-order valence-electron chi connectivity index (χ1n) is 5.22. The van der Waals surface area contributed by atoms with E-state index >= 15 is 0 Å². The summed E-state index contributed by atoms with van der Waals surface area (Å²) < 4.78 is 5.17. The van der Waals surface area contributed by atoms with E-state index in [2.05, 4.69) is 5.32 Å². The number of hydrogen-bond acceptors (Lipinski definition) is 3. The summed E-state index contributed by atoms with van der Waals surface area (Å²) in [7, 11) is 0. The summed E-state index contributed by atoms with van der Waals surface area (Å²) in [5.41, 5.74) is -0.124. The van der Waals surface area contributed by atoms with Crippen molar-refractivity contribution in [1.29, 1.82) is 0 Å². The zero-order chi connectivity index (χ0) is 13.9. The van der Waals surface area contributed by atoms with Crippen molar-refractivity contribution in [1.82, 2.24) is 0 Å². The van der Waals surface area contributed by atoms with Crippen LogP contribution in [-0.4, -0.2) is 22.8 Å². The lowest BCUT2D eigenvalue weighted by molar-refractivity contribution is 0.00697. The lowest BCUT2D eigenvalue weighted by Crippen LogP contribution is -2.24. The highest BCUT2D eigenvalue weighted by molar-refractivity contribution is 6.33. The molecule has 5 nitrogen and oxygen atoms in total. The minimum absolute atomic E-state index is 0.135. The summed E-state index contributed by atoms with van der Waals surface area (Å²) in [6.07, 6.45) is -1.20. The van der Waals surface area contributed by atoms with Gasteiger partial charge in [0.05, 0.1) is 10.6 Å². The average Bonchev–Trinajstić information content (AvgIpc) is 2.13. The van der Waals surface area contributed by atoms with Gasteiger partial charge in [-0.05, 0) is 39.0 Å². The molecule has 18 heavy (non-hydrogen) atoms. The summed E-state index contributed by atoms with van der Waals surface area (Å²) in [6, 6.07) is 4.22. The van der Waals surface area contributed by atoms with Crippen molar-refractivity contribution >= 4 is 29.4 Å². The van der Waals surface area contributed by atoms with Crippen LogP contribution in [0.4, 0.5) is 10.5 Å². The van der Waals surface area contributed by atoms with Crippen LogP contribution in [0.2, 0.25) is 5.02 Å². The molecule has 1 rings (SSSR count). The second kappa shape index (κ2) is 5.27. The Morgan fingerprint density at radius 1 is 1.33 bits per heavy atom. The summed E-state index contributed by atoms with van der Waals surface area (Å²) in [4.78, 5) is 22.2. The minimum atomic E-state index is -1.20. The maximum absolute atomic E-state index is 11.8. The molecule has 0 aliphatic carbocycles. The van der Waals surface area contributed by atoms with Gasteiger partial charge in [0.25, 0.3) is 0 Å². The van der Waals surface area contributed by atoms with Gasteiger partial charge in [-0.2, -0.15) is 0 Å². The molecule has 6 heteroatoms. The van der Waals surface area contributed by atoms with Gasteiger partial charge in [-0.1, -0.05) is 11.6 Å². The van der Waals surface area contributed by atoms with Crippen molar-refractivity contribution in [3.63, 3.8) is 0 Å². The topological polar surface area (TPSA) is 75.6 Å². The maximum atomic E-state index is 11.8. The Hall–Kier alpha value is -1.75. The average molecular weight is 272 g/mol. The van der Waals surface area contributed by atoms with Crippen LogP contribution in [0.1, 0.15) is 31.1 Å². The number of halogens is 1. The Balaban J connectivity index is 2.92. The lowest BCUT2D eigenvalue weighted by Gasteiger charge is -2.19. The number of anilines is 1. The highest BCUT2D eigenvalue weighted by atomic mass is 35.5. The Morgan fingerprint density at radius 3 is 2.39 bits per heavy atom. The Labute approximate surface area is 110 Å². The number of carbonyl (C=O) groups excluding carboxylic acids is 1. The maximum Gasteiger partial charge on any atom is 0.409 e. The number of amides is 1. The van der Waals surface area contributed by atoms with Gasteiger partial charge in [0.2, 0.25) is 0 Å². The van der Waals surface area contributed by atoms with Crippen molar-refractivity contribution in [3.8, 4) is 0 Å². The first-order chi connectivity index (χ1) is 8.19. The van der Waals surface area contributed by atoms with Gasteiger partial charge in [-0.25, -0.2) is 9.59 Å². The monoisotopic (exact) mass is 271 g/mol. The second-order valence-electron chi connectivity index (χ2n) is 4.63. The molecule has 0 atom stereocenters. The number of rotatable bonds is 2. The van der Waals surface area contributed by atoms with Crippen LogP contribution in [0.5, 0.6) is 0 Å². The van der Waals surface area contributed by atoms with E-state index in [0.29, 0.717) is 5.69 Å². The first kappa shape index (κ1) is 14.3. The van der Waals surface area contributed by atoms with E-state index in [1.165, 1.54) is 18.2 Å². The molecule has 0 unspecified atom stereocenters. The molecular weight excluding hydrogens is 258 g/mol. The molecule has 98 valence electrons. The summed E-state index contributed by atoms with van der Waals surface area (Å²) in [6.45, 7) is 5.25. The first-order valence-corrected chi connectivity index (χ1v) is 5.60. The number of carbonyl (C=O) groups is 2. The minimum Gasteiger partial charge on any atom is -0.465 e. The van der Waals surface area contributed by atoms with Gasteiger partial charge in [0, 0.05) is 5.69 Å². The van der Waals surface area contributed by atoms with Crippen LogP contribution in [0, 0.1) is 0 Å². The lowest BCUT2D eigenvalue weighted by atomic mass is 10.1. The molecule has 0 heterocycles. The fourth-order valence-electron chi connectivity index (χ4n) is 1.21. The molecule has 0 fully saturated rings. The van der Waals surface area contributed by atoms with Gasteiger partial charge in [-0.3, -0.25) is 5.32 Å². The van der Waals surface area contributed by atoms with Crippen LogP contribution in [0.25, 0.3) is 0 Å². The quantitative estimate of drug-likeness (QED) is 0.809. The van der Waals surface area contributed by atoms with Crippen molar-refractivity contribution in [2.45, 2.75) is 26.4 Å². The molecule has 1 aromatic carbocycles. The molecule has 1 aromatic rings. The van der Waals surface area contributed by atoms with Gasteiger partial charge in [0.1, 0.15) is 5.60 Å². The molecule has 0 aliphatic heterocycles. The van der Waals surface area contributed by atoms with Crippen LogP contribution in [-0.2, 0) is 4.74 Å². The van der Waals surface area contributed by atoms with Gasteiger partial charge in [0.15, 0.2) is 0 Å². The molecule has 0 bridgehead atoms. The number of carboxylic acid groups (broad SMARTS) is 1. The molecule has 2 N–H and O–H groups in total. The van der Waals surface area contributed by atoms with Crippen LogP contribution < -0.4 is 5.32 Å². The molecule has 1 amide bonds. The smallest absolute Gasteiger partial charge is 0.409 e. The van der Waals surface area contributed by atoms with E-state index in [0.717, 1.165) is 0 Å². The molecule has 0 aliphatic rings. The molecule has 0 spiro atoms. The summed E-state index contributed by atoms with van der Waals surface area (Å²) in [5.74, 6) is -0.547. The number of nitrogens with one attached hydrogen (secondary N) is 1. The Kier molecular flexibility index (Phi) is 4.19. The Bertz CT molecular complexity index is 479. The third-order valence-corrected chi connectivity index (χ3v) is 2.15. The number of hydrogen-bond donors (Lipinski definition) is 2. The third kappa shape index (κ3) is 4.25. The van der Waals surface area contributed by atoms with Crippen molar-refractivity contribution in [2.75, 3.05) is 5.32 Å². The van der Waals surface area contributed by atoms with Crippen LogP contribution in [0.15, 0.2) is 18.2 Å². The van der Waals surface area contributed by atoms with Gasteiger partial charge >= 0.3 is 12.1 Å². The predicted octanol–water partition coefficient (Wildman–Crippen LogP) is 3.39. The SMILES string of the molecule is CC(C)(C)OC(=O)c1ccc(NC(=O)O)cc1Cl. The standard InChI is InChI=1S/C12H14ClNO4/c1-12(2,3)18-10(15)8-5-4-7(6-9(8)13)14-11(16)17/h4-6,14H,1-3H3,(H,16,17). The molecule has 0 saturated heterocycles. The van der Waals surface area contributed by atoms with Crippen molar-refractivity contribution in [3.05, 3.63) is 28.8 Å². The largest absolute Gasteiger partial charge is 0.465 e. The van der Waals surface area contributed by atoms with Crippen molar-refractivity contribution < 1.29 is 19.4 Å². The molecule has 0 radical (unpaired) electrons. The van der Waals surface area contributed by atoms with Gasteiger partial charge < -0.3 is 9.84 Å². The molecular formula is C12H14ClNO4. The zero-order valence-corrected chi connectivity index (χ0v) is 11.0. The highest BCUT2D eigenvalue weighted by Crippen LogP contribution is 2.23. The number of benzene rings is 1. The fourth-order valence-corrected chi connectivity index (χ4v) is 1.47.